The minimum atomic E-state index is -1.01. The van der Waals surface area contributed by atoms with Crippen LogP contribution < -0.4 is 21.1 Å². The molecule has 5 N–H and O–H groups in total. The number of rotatable bonds is 9. The van der Waals surface area contributed by atoms with Crippen molar-refractivity contribution in [1.82, 2.24) is 15.2 Å². The molecule has 10 nitrogen and oxygen atoms in total. The number of aromatic nitrogens is 1. The Balaban J connectivity index is 0.000000310. The van der Waals surface area contributed by atoms with Gasteiger partial charge in [-0.1, -0.05) is 12.1 Å². The Hall–Kier alpha value is -3.18. The molecule has 186 valence electrons. The number of aliphatic carboxylic acids is 1. The van der Waals surface area contributed by atoms with Gasteiger partial charge in [-0.2, -0.15) is 0 Å². The van der Waals surface area contributed by atoms with Crippen LogP contribution in [0.4, 0.5) is 5.82 Å². The van der Waals surface area contributed by atoms with Gasteiger partial charge in [0.15, 0.2) is 0 Å². The number of methoxy groups -OCH3 is 1. The van der Waals surface area contributed by atoms with E-state index in [1.54, 1.807) is 31.7 Å². The maximum Gasteiger partial charge on any atom is 0.326 e. The first-order chi connectivity index (χ1) is 16.2. The van der Waals surface area contributed by atoms with E-state index in [0.29, 0.717) is 5.82 Å². The zero-order valence-electron chi connectivity index (χ0n) is 19.7. The van der Waals surface area contributed by atoms with Crippen LogP contribution in [0.15, 0.2) is 35.2 Å². The van der Waals surface area contributed by atoms with Gasteiger partial charge in [0.05, 0.1) is 12.6 Å². The lowest BCUT2D eigenvalue weighted by molar-refractivity contribution is -0.142. The molecule has 1 saturated heterocycles. The Morgan fingerprint density at radius 1 is 1.26 bits per heavy atom. The highest BCUT2D eigenvalue weighted by atomic mass is 32.1. The predicted molar refractivity (Wildman–Crippen MR) is 131 cm³/mol. The van der Waals surface area contributed by atoms with Gasteiger partial charge in [-0.05, 0) is 57.6 Å². The smallest absolute Gasteiger partial charge is 0.326 e. The Bertz CT molecular complexity index is 914. The van der Waals surface area contributed by atoms with Gasteiger partial charge < -0.3 is 31.1 Å². The molecule has 0 unspecified atom stereocenters. The largest absolute Gasteiger partial charge is 0.497 e. The van der Waals surface area contributed by atoms with Crippen molar-refractivity contribution in [2.24, 2.45) is 11.7 Å². The molecular formula is C23H33N5O5S. The minimum absolute atomic E-state index is 0.0936. The molecule has 2 amide bonds. The van der Waals surface area contributed by atoms with E-state index in [2.05, 4.69) is 20.5 Å². The van der Waals surface area contributed by atoms with Gasteiger partial charge in [0.2, 0.25) is 11.8 Å². The molecule has 2 heterocycles. The Morgan fingerprint density at radius 3 is 2.41 bits per heavy atom. The molecule has 0 spiro atoms. The highest BCUT2D eigenvalue weighted by Crippen LogP contribution is 2.17. The van der Waals surface area contributed by atoms with Crippen molar-refractivity contribution in [3.8, 4) is 5.75 Å². The molecule has 0 radical (unpaired) electrons. The summed E-state index contributed by atoms with van der Waals surface area (Å²) in [4.78, 5) is 40.4. The van der Waals surface area contributed by atoms with Crippen molar-refractivity contribution in [3.63, 3.8) is 0 Å². The summed E-state index contributed by atoms with van der Waals surface area (Å²) in [5.41, 5.74) is 7.57. The van der Waals surface area contributed by atoms with E-state index in [0.717, 1.165) is 37.2 Å². The average Bonchev–Trinajstić information content (AvgIpc) is 3.33. The molecule has 1 aliphatic rings. The van der Waals surface area contributed by atoms with Crippen molar-refractivity contribution in [3.05, 3.63) is 40.7 Å². The van der Waals surface area contributed by atoms with Crippen molar-refractivity contribution in [1.29, 1.82) is 0 Å². The number of carbonyl (C=O) groups is 3. The lowest BCUT2D eigenvalue weighted by Crippen LogP contribution is -2.47. The molecule has 1 aliphatic heterocycles. The number of benzene rings is 1. The zero-order chi connectivity index (χ0) is 25.1. The first-order valence-corrected chi connectivity index (χ1v) is 11.9. The number of primary amides is 1. The summed E-state index contributed by atoms with van der Waals surface area (Å²) in [6.45, 7) is 3.43. The molecule has 1 aromatic heterocycles. The van der Waals surface area contributed by atoms with Crippen LogP contribution in [0.2, 0.25) is 0 Å². The summed E-state index contributed by atoms with van der Waals surface area (Å²) >= 11 is 1.47. The summed E-state index contributed by atoms with van der Waals surface area (Å²) in [6, 6.07) is 5.93. The van der Waals surface area contributed by atoms with Crippen LogP contribution in [0.25, 0.3) is 0 Å². The van der Waals surface area contributed by atoms with E-state index < -0.39 is 12.0 Å². The van der Waals surface area contributed by atoms with Crippen LogP contribution in [0.5, 0.6) is 5.75 Å². The zero-order valence-corrected chi connectivity index (χ0v) is 20.5. The summed E-state index contributed by atoms with van der Waals surface area (Å²) in [7, 11) is 3.61. The molecule has 2 aromatic rings. The number of carboxylic acids is 1. The lowest BCUT2D eigenvalue weighted by Gasteiger charge is -2.29. The van der Waals surface area contributed by atoms with E-state index in [-0.39, 0.29) is 30.2 Å². The third-order valence-corrected chi connectivity index (χ3v) is 6.11. The van der Waals surface area contributed by atoms with Crippen LogP contribution in [-0.4, -0.2) is 72.1 Å². The van der Waals surface area contributed by atoms with Crippen molar-refractivity contribution in [2.75, 3.05) is 32.6 Å². The number of carboxylic acid groups (broad SMARTS) is 1. The van der Waals surface area contributed by atoms with Crippen LogP contribution in [0, 0.1) is 5.92 Å². The number of piperidine rings is 1. The number of nitrogens with two attached hydrogens (primary N) is 1. The predicted octanol–water partition coefficient (Wildman–Crippen LogP) is 1.58. The van der Waals surface area contributed by atoms with E-state index in [4.69, 9.17) is 10.5 Å². The number of amides is 2. The quantitative estimate of drug-likeness (QED) is 0.413. The first kappa shape index (κ1) is 27.1. The number of carbonyl (C=O) groups excluding carboxylic acids is 2. The Kier molecular flexibility index (Phi) is 10.8. The van der Waals surface area contributed by atoms with E-state index in [1.807, 2.05) is 24.6 Å². The number of nitrogens with one attached hydrogen (secondary N) is 2. The maximum absolute atomic E-state index is 12.3. The molecule has 11 heteroatoms. The number of nitrogens with zero attached hydrogens (tertiary/aromatic N) is 2. The monoisotopic (exact) mass is 491 g/mol. The Labute approximate surface area is 203 Å². The number of likely N-dealkylation sites (tertiary alicyclic amines) is 1. The molecule has 0 bridgehead atoms. The van der Waals surface area contributed by atoms with E-state index in [9.17, 15) is 19.5 Å². The Morgan fingerprint density at radius 2 is 1.91 bits per heavy atom. The molecule has 0 aliphatic carbocycles. The van der Waals surface area contributed by atoms with Gasteiger partial charge in [-0.25, -0.2) is 9.78 Å². The molecule has 0 saturated carbocycles. The van der Waals surface area contributed by atoms with Gasteiger partial charge in [-0.3, -0.25) is 9.59 Å². The number of ether oxygens (including phenoxy) is 1. The van der Waals surface area contributed by atoms with Crippen LogP contribution in [0.3, 0.4) is 0 Å². The van der Waals surface area contributed by atoms with E-state index in [1.165, 1.54) is 11.3 Å². The van der Waals surface area contributed by atoms with Crippen molar-refractivity contribution < 1.29 is 24.2 Å². The first-order valence-electron chi connectivity index (χ1n) is 11.0. The summed E-state index contributed by atoms with van der Waals surface area (Å²) in [6.07, 6.45) is 1.81. The third-order valence-electron chi connectivity index (χ3n) is 5.53. The molecule has 34 heavy (non-hydrogen) atoms. The highest BCUT2D eigenvalue weighted by molar-refractivity contribution is 7.07. The average molecular weight is 492 g/mol. The van der Waals surface area contributed by atoms with Crippen LogP contribution >= 0.6 is 11.3 Å². The number of hydrogen-bond donors (Lipinski definition) is 4. The van der Waals surface area contributed by atoms with E-state index >= 15 is 0 Å². The molecule has 3 rings (SSSR count). The second-order valence-corrected chi connectivity index (χ2v) is 8.89. The number of thiazole rings is 1. The van der Waals surface area contributed by atoms with Gasteiger partial charge >= 0.3 is 5.97 Å². The second-order valence-electron chi connectivity index (χ2n) is 8.17. The van der Waals surface area contributed by atoms with Crippen LogP contribution in [-0.2, 0) is 20.8 Å². The summed E-state index contributed by atoms with van der Waals surface area (Å²) in [5.74, 6) is -0.222. The minimum Gasteiger partial charge on any atom is -0.497 e. The maximum atomic E-state index is 12.3. The van der Waals surface area contributed by atoms with Gasteiger partial charge in [-0.15, -0.1) is 11.3 Å². The number of hydrogen-bond acceptors (Lipinski definition) is 8. The summed E-state index contributed by atoms with van der Waals surface area (Å²) in [5, 5.41) is 16.7. The molecule has 2 atom stereocenters. The van der Waals surface area contributed by atoms with Crippen molar-refractivity contribution >= 4 is 34.9 Å². The van der Waals surface area contributed by atoms with Gasteiger partial charge in [0.1, 0.15) is 23.7 Å². The molecular weight excluding hydrogens is 458 g/mol. The lowest BCUT2D eigenvalue weighted by atomic mass is 9.95. The fourth-order valence-electron chi connectivity index (χ4n) is 3.33. The van der Waals surface area contributed by atoms with Crippen LogP contribution in [0.1, 0.15) is 25.3 Å². The normalized spacial score (nSPS) is 15.9. The molecule has 1 aromatic carbocycles. The molecule has 1 fully saturated rings. The highest BCUT2D eigenvalue weighted by Gasteiger charge is 2.27. The fourth-order valence-corrected chi connectivity index (χ4v) is 3.83. The topological polar surface area (TPSA) is 147 Å². The summed E-state index contributed by atoms with van der Waals surface area (Å²) < 4.78 is 5.08. The van der Waals surface area contributed by atoms with Gasteiger partial charge in [0, 0.05) is 17.7 Å². The second kappa shape index (κ2) is 13.5. The number of anilines is 1. The third kappa shape index (κ3) is 8.99. The fraction of sp³-hybridized carbons (Fsp3) is 0.478. The standard InChI is InChI=1S/C17H24N2O4.C6H9N3OS/c1-19-9-7-13(8-10-19)16(20)18-15(17(21)22)11-12-3-5-14(23-2)6-4-12;1-4(6(7)10)9-5-2-11-3-8-5/h3-6,13,15H,7-11H2,1-2H3,(H,18,20)(H,21,22);2-4,9H,1H3,(H2,7,10)/t15-;4-/m00/s1. The van der Waals surface area contributed by atoms with Crippen molar-refractivity contribution in [2.45, 2.75) is 38.3 Å². The SMILES string of the molecule is COc1ccc(C[C@H](NC(=O)C2CCN(C)CC2)C(=O)O)cc1.C[C@H](Nc1cscn1)C(N)=O. The van der Waals surface area contributed by atoms with Gasteiger partial charge in [0.25, 0.3) is 0 Å².